The summed E-state index contributed by atoms with van der Waals surface area (Å²) in [4.78, 5) is 126. The molecule has 4 aromatic rings. The van der Waals surface area contributed by atoms with Crippen molar-refractivity contribution in [2.24, 2.45) is 17.6 Å². The predicted octanol–water partition coefficient (Wildman–Crippen LogP) is 1.75. The number of aliphatic hydroxyl groups excluding tert-OH is 1. The molecule has 0 spiro atoms. The number of nitrogens with one attached hydrogen (secondary N) is 8. The fourth-order valence-electron chi connectivity index (χ4n) is 8.95. The van der Waals surface area contributed by atoms with E-state index in [0.29, 0.717) is 28.9 Å². The Labute approximate surface area is 448 Å². The van der Waals surface area contributed by atoms with Gasteiger partial charge in [-0.15, -0.1) is 0 Å². The number of hydrogen-bond acceptors (Lipinski definition) is 13. The van der Waals surface area contributed by atoms with Crippen LogP contribution >= 0.6 is 0 Å². The third kappa shape index (κ3) is 19.7. The van der Waals surface area contributed by atoms with Gasteiger partial charge in [-0.1, -0.05) is 70.2 Å². The van der Waals surface area contributed by atoms with E-state index in [1.165, 1.54) is 42.1 Å². The van der Waals surface area contributed by atoms with Crippen LogP contribution in [0, 0.1) is 11.8 Å². The van der Waals surface area contributed by atoms with E-state index in [-0.39, 0.29) is 69.1 Å². The molecule has 418 valence electrons. The van der Waals surface area contributed by atoms with Gasteiger partial charge in [-0.25, -0.2) is 14.8 Å². The van der Waals surface area contributed by atoms with Crippen molar-refractivity contribution in [1.29, 1.82) is 0 Å². The highest BCUT2D eigenvalue weighted by molar-refractivity contribution is 5.96. The van der Waals surface area contributed by atoms with Crippen LogP contribution in [0.4, 0.5) is 4.79 Å². The van der Waals surface area contributed by atoms with E-state index in [1.54, 1.807) is 63.2 Å². The van der Waals surface area contributed by atoms with Crippen molar-refractivity contribution < 1.29 is 53.3 Å². The molecule has 1 saturated heterocycles. The fraction of sp³-hybridized carbons (Fsp3) is 0.519. The molecule has 0 aliphatic carbocycles. The topological polar surface area (TPSA) is 345 Å². The number of phenolic OH excluding ortho intramolecular Hbond substituents is 1. The van der Waals surface area contributed by atoms with Crippen molar-refractivity contribution in [3.05, 3.63) is 102 Å². The Kier molecular flexibility index (Phi) is 22.1. The third-order valence-electron chi connectivity index (χ3n) is 12.6. The number of alkyl carbamates (subject to hydrolysis) is 1. The second-order valence-corrected chi connectivity index (χ2v) is 21.4. The van der Waals surface area contributed by atoms with Crippen LogP contribution in [0.1, 0.15) is 103 Å². The molecule has 2 aromatic carbocycles. The minimum absolute atomic E-state index is 0.0125. The number of aromatic amines is 2. The number of ether oxygens (including phenoxy) is 1. The maximum atomic E-state index is 14.6. The van der Waals surface area contributed by atoms with Crippen LogP contribution in [0.25, 0.3) is 0 Å². The molecular weight excluding hydrogens is 993 g/mol. The number of aromatic nitrogens is 4. The average Bonchev–Trinajstić information content (AvgIpc) is 4.19. The minimum Gasteiger partial charge on any atom is -0.508 e. The van der Waals surface area contributed by atoms with E-state index < -0.39 is 108 Å². The summed E-state index contributed by atoms with van der Waals surface area (Å²) < 4.78 is 5.46. The molecule has 23 heteroatoms. The monoisotopic (exact) mass is 1070 g/mol. The molecule has 8 amide bonds. The molecule has 3 heterocycles. The van der Waals surface area contributed by atoms with Gasteiger partial charge >= 0.3 is 6.09 Å². The lowest BCUT2D eigenvalue weighted by Crippen LogP contribution is -2.60. The van der Waals surface area contributed by atoms with Crippen molar-refractivity contribution in [2.45, 2.75) is 160 Å². The first kappa shape index (κ1) is 60.0. The number of amides is 8. The fourth-order valence-corrected chi connectivity index (χ4v) is 8.95. The Morgan fingerprint density at radius 2 is 1.23 bits per heavy atom. The lowest BCUT2D eigenvalue weighted by atomic mass is 9.95. The van der Waals surface area contributed by atoms with E-state index in [4.69, 9.17) is 10.5 Å². The number of nitrogens with zero attached hydrogens (tertiary/aromatic N) is 3. The number of aromatic hydroxyl groups is 1. The summed E-state index contributed by atoms with van der Waals surface area (Å²) in [5.74, 6) is -5.02. The highest BCUT2D eigenvalue weighted by Crippen LogP contribution is 2.22. The Hall–Kier alpha value is -7.82. The van der Waals surface area contributed by atoms with Gasteiger partial charge in [-0.2, -0.15) is 0 Å². The van der Waals surface area contributed by atoms with Gasteiger partial charge in [0, 0.05) is 56.0 Å². The van der Waals surface area contributed by atoms with E-state index >= 15 is 0 Å². The second-order valence-electron chi connectivity index (χ2n) is 21.4. The third-order valence-corrected chi connectivity index (χ3v) is 12.6. The first-order valence-corrected chi connectivity index (χ1v) is 26.0. The number of hydrogen-bond donors (Lipinski definition) is 11. The van der Waals surface area contributed by atoms with Crippen molar-refractivity contribution in [3.8, 4) is 5.75 Å². The zero-order chi connectivity index (χ0) is 56.4. The van der Waals surface area contributed by atoms with Crippen LogP contribution in [0.5, 0.6) is 5.75 Å². The van der Waals surface area contributed by atoms with Crippen LogP contribution in [-0.2, 0) is 64.0 Å². The molecule has 0 unspecified atom stereocenters. The Morgan fingerprint density at radius 3 is 1.81 bits per heavy atom. The zero-order valence-corrected chi connectivity index (χ0v) is 44.8. The van der Waals surface area contributed by atoms with E-state index in [1.807, 2.05) is 27.7 Å². The first-order chi connectivity index (χ1) is 36.4. The summed E-state index contributed by atoms with van der Waals surface area (Å²) in [5, 5.41) is 37.8. The molecule has 0 bridgehead atoms. The van der Waals surface area contributed by atoms with Crippen molar-refractivity contribution in [3.63, 3.8) is 0 Å². The highest BCUT2D eigenvalue weighted by atomic mass is 16.6. The Morgan fingerprint density at radius 1 is 0.688 bits per heavy atom. The van der Waals surface area contributed by atoms with Crippen LogP contribution in [0.15, 0.2) is 79.6 Å². The molecule has 8 atom stereocenters. The van der Waals surface area contributed by atoms with Gasteiger partial charge in [0.2, 0.25) is 41.4 Å². The first-order valence-electron chi connectivity index (χ1n) is 26.0. The largest absolute Gasteiger partial charge is 0.508 e. The zero-order valence-electron chi connectivity index (χ0n) is 44.8. The molecule has 1 aliphatic heterocycles. The summed E-state index contributed by atoms with van der Waals surface area (Å²) in [6, 6.07) is 6.87. The van der Waals surface area contributed by atoms with Crippen LogP contribution < -0.4 is 37.6 Å². The SMILES string of the molecule is CC(C)C[C@H](NC(=O)C[C@H](O)[C@H](CC(C)C)NC(=O)[C@H](Cc1cnc[nH]1)NC(=O)[C@H](Cc1ccccc1)NC(=O)[C@@H]1CCCN1C(=O)[C@H](Cc1cnc[nH]1)NC(=O)OC(C)(C)C)C(=O)N[C@@H](Cc1ccc(O)cc1)C(N)=O. The van der Waals surface area contributed by atoms with E-state index in [9.17, 15) is 48.6 Å². The Bertz CT molecular complexity index is 2570. The van der Waals surface area contributed by atoms with Gasteiger partial charge < -0.3 is 67.5 Å². The molecule has 1 aliphatic rings. The number of nitrogens with two attached hydrogens (primary N) is 1. The molecular formula is C54H76N12O11. The van der Waals surface area contributed by atoms with Gasteiger partial charge in [-0.3, -0.25) is 33.6 Å². The number of primary amides is 1. The summed E-state index contributed by atoms with van der Waals surface area (Å²) in [7, 11) is 0. The number of likely N-dealkylation sites (tertiary alicyclic amines) is 1. The number of rotatable bonds is 27. The minimum atomic E-state index is -1.49. The van der Waals surface area contributed by atoms with Gasteiger partial charge in [0.25, 0.3) is 0 Å². The lowest BCUT2D eigenvalue weighted by Gasteiger charge is -2.31. The molecule has 12 N–H and O–H groups in total. The number of H-pyrrole nitrogens is 2. The summed E-state index contributed by atoms with van der Waals surface area (Å²) in [5.41, 5.74) is 7.11. The summed E-state index contributed by atoms with van der Waals surface area (Å²) in [6.45, 7) is 12.7. The van der Waals surface area contributed by atoms with E-state index in [0.717, 1.165) is 0 Å². The van der Waals surface area contributed by atoms with Gasteiger partial charge in [-0.05, 0) is 81.5 Å². The quantitative estimate of drug-likeness (QED) is 0.0406. The molecule has 2 aromatic heterocycles. The number of aliphatic hydroxyl groups is 1. The van der Waals surface area contributed by atoms with Crippen LogP contribution in [0.3, 0.4) is 0 Å². The van der Waals surface area contributed by atoms with Crippen LogP contribution in [0.2, 0.25) is 0 Å². The summed E-state index contributed by atoms with van der Waals surface area (Å²) >= 11 is 0. The maximum Gasteiger partial charge on any atom is 0.408 e. The molecule has 23 nitrogen and oxygen atoms in total. The summed E-state index contributed by atoms with van der Waals surface area (Å²) in [6.07, 6.45) is 3.99. The molecule has 0 radical (unpaired) electrons. The molecule has 1 fully saturated rings. The van der Waals surface area contributed by atoms with Crippen molar-refractivity contribution in [1.82, 2.24) is 56.7 Å². The number of benzene rings is 2. The number of phenols is 1. The number of carbonyl (C=O) groups excluding carboxylic acids is 8. The second kappa shape index (κ2) is 28.4. The predicted molar refractivity (Wildman–Crippen MR) is 283 cm³/mol. The van der Waals surface area contributed by atoms with Gasteiger partial charge in [0.05, 0.1) is 31.2 Å². The van der Waals surface area contributed by atoms with Gasteiger partial charge in [0.1, 0.15) is 47.6 Å². The highest BCUT2D eigenvalue weighted by Gasteiger charge is 2.40. The maximum absolute atomic E-state index is 14.6. The smallest absolute Gasteiger partial charge is 0.408 e. The standard InChI is InChI=1S/C54H76N12O11/c1-31(2)20-38(45(68)26-46(69)60-40(21-32(3)4)48(71)62-39(47(55)70)22-34-15-17-37(67)18-16-34)61-50(73)42(24-35-27-56-29-58-35)63-49(72)41(23-33-12-9-8-10-13-33)64-51(74)44-14-11-19-66(44)52(75)43(25-36-28-57-30-59-36)65-53(76)77-54(5,6)7/h8-10,12-13,15-18,27-32,38-45,67-68H,11,14,19-26H2,1-7H3,(H2,55,70)(H,56,58)(H,57,59)(H,60,69)(H,61,73)(H,62,71)(H,63,72)(H,64,74)(H,65,76)/t38-,39-,40-,41-,42-,43-,44-,45-/m0/s1. The molecule has 5 rings (SSSR count). The number of imidazole rings is 2. The Balaban J connectivity index is 1.32. The number of carbonyl (C=O) groups is 8. The van der Waals surface area contributed by atoms with Crippen molar-refractivity contribution in [2.75, 3.05) is 6.54 Å². The molecule has 77 heavy (non-hydrogen) atoms. The van der Waals surface area contributed by atoms with E-state index in [2.05, 4.69) is 51.8 Å². The van der Waals surface area contributed by atoms with Gasteiger partial charge in [0.15, 0.2) is 0 Å². The van der Waals surface area contributed by atoms with Crippen LogP contribution in [-0.4, -0.2) is 143 Å². The normalized spacial score (nSPS) is 16.2. The lowest BCUT2D eigenvalue weighted by molar-refractivity contribution is -0.141. The van der Waals surface area contributed by atoms with Crippen molar-refractivity contribution >= 4 is 47.4 Å². The molecule has 0 saturated carbocycles. The average molecular weight is 1070 g/mol.